The van der Waals surface area contributed by atoms with E-state index in [1.54, 1.807) is 60.4 Å². The highest BCUT2D eigenvalue weighted by atomic mass is 32.2. The first-order valence-corrected chi connectivity index (χ1v) is 11.1. The Morgan fingerprint density at radius 2 is 1.74 bits per heavy atom. The number of aryl methyl sites for hydroxylation is 1. The largest absolute Gasteiger partial charge is 0.456 e. The Morgan fingerprint density at radius 3 is 2.48 bits per heavy atom. The van der Waals surface area contributed by atoms with Gasteiger partial charge in [0, 0.05) is 35.9 Å². The predicted molar refractivity (Wildman–Crippen MR) is 118 cm³/mol. The molecule has 0 radical (unpaired) electrons. The second kappa shape index (κ2) is 7.26. The third-order valence-corrected chi connectivity index (χ3v) is 6.62. The molecule has 0 bridgehead atoms. The third kappa shape index (κ3) is 3.45. The first-order chi connectivity index (χ1) is 14.9. The van der Waals surface area contributed by atoms with Gasteiger partial charge in [-0.15, -0.1) is 0 Å². The van der Waals surface area contributed by atoms with Crippen molar-refractivity contribution in [2.45, 2.75) is 11.0 Å². The highest BCUT2D eigenvalue weighted by Crippen LogP contribution is 2.31. The molecule has 3 aromatic carbocycles. The molecular weight excluding hydrogens is 414 g/mol. The SMILES string of the molecule is Cn1ccnc1C(O)c1ccc(NS(=O)(=O)c2ccc3oc4ccccc4c3c2)cc1. The van der Waals surface area contributed by atoms with Crippen molar-refractivity contribution in [3.8, 4) is 0 Å². The van der Waals surface area contributed by atoms with Gasteiger partial charge in [-0.1, -0.05) is 30.3 Å². The quantitative estimate of drug-likeness (QED) is 0.433. The molecule has 0 saturated carbocycles. The van der Waals surface area contributed by atoms with E-state index in [-0.39, 0.29) is 4.90 Å². The number of rotatable bonds is 5. The van der Waals surface area contributed by atoms with Crippen molar-refractivity contribution in [3.05, 3.63) is 90.5 Å². The van der Waals surface area contributed by atoms with Crippen LogP contribution in [0.25, 0.3) is 21.9 Å². The summed E-state index contributed by atoms with van der Waals surface area (Å²) < 4.78 is 36.0. The van der Waals surface area contributed by atoms with Crippen molar-refractivity contribution in [2.75, 3.05) is 4.72 Å². The summed E-state index contributed by atoms with van der Waals surface area (Å²) in [6.07, 6.45) is 2.46. The molecule has 8 heteroatoms. The number of aromatic nitrogens is 2. The van der Waals surface area contributed by atoms with Crippen LogP contribution in [-0.4, -0.2) is 23.1 Å². The number of para-hydroxylation sites is 1. The van der Waals surface area contributed by atoms with Gasteiger partial charge >= 0.3 is 0 Å². The standard InChI is InChI=1S/C23H19N3O4S/c1-26-13-12-24-23(26)22(27)15-6-8-16(9-7-15)25-31(28,29)17-10-11-21-19(14-17)18-4-2-3-5-20(18)30-21/h2-14,22,25,27H,1H3. The number of nitrogens with one attached hydrogen (secondary N) is 1. The maximum Gasteiger partial charge on any atom is 0.261 e. The van der Waals surface area contributed by atoms with Crippen LogP contribution in [0.2, 0.25) is 0 Å². The second-order valence-corrected chi connectivity index (χ2v) is 8.96. The first-order valence-electron chi connectivity index (χ1n) is 9.62. The van der Waals surface area contributed by atoms with Gasteiger partial charge in [-0.05, 0) is 42.0 Å². The number of furan rings is 1. The van der Waals surface area contributed by atoms with E-state index in [0.717, 1.165) is 10.8 Å². The van der Waals surface area contributed by atoms with Crippen LogP contribution in [0.1, 0.15) is 17.5 Å². The Bertz CT molecular complexity index is 1500. The molecule has 1 atom stereocenters. The zero-order valence-electron chi connectivity index (χ0n) is 16.6. The number of aliphatic hydroxyl groups is 1. The molecule has 1 unspecified atom stereocenters. The number of sulfonamides is 1. The van der Waals surface area contributed by atoms with Crippen molar-refractivity contribution >= 4 is 37.6 Å². The summed E-state index contributed by atoms with van der Waals surface area (Å²) in [5, 5.41) is 12.1. The summed E-state index contributed by atoms with van der Waals surface area (Å²) >= 11 is 0. The number of anilines is 1. The van der Waals surface area contributed by atoms with Crippen LogP contribution in [0.5, 0.6) is 0 Å². The number of benzene rings is 3. The van der Waals surface area contributed by atoms with Gasteiger partial charge in [-0.25, -0.2) is 13.4 Å². The average molecular weight is 433 g/mol. The number of imidazole rings is 1. The fraction of sp³-hybridized carbons (Fsp3) is 0.0870. The summed E-state index contributed by atoms with van der Waals surface area (Å²) in [5.41, 5.74) is 2.35. The van der Waals surface area contributed by atoms with Gasteiger partial charge in [0.25, 0.3) is 10.0 Å². The highest BCUT2D eigenvalue weighted by Gasteiger charge is 2.18. The van der Waals surface area contributed by atoms with Crippen molar-refractivity contribution in [2.24, 2.45) is 7.05 Å². The molecule has 7 nitrogen and oxygen atoms in total. The summed E-state index contributed by atoms with van der Waals surface area (Å²) in [5.74, 6) is 0.508. The van der Waals surface area contributed by atoms with Gasteiger partial charge < -0.3 is 14.1 Å². The fourth-order valence-corrected chi connectivity index (χ4v) is 4.69. The van der Waals surface area contributed by atoms with Gasteiger partial charge in [0.05, 0.1) is 4.90 Å². The normalized spacial score (nSPS) is 13.0. The van der Waals surface area contributed by atoms with Crippen LogP contribution in [0.3, 0.4) is 0 Å². The summed E-state index contributed by atoms with van der Waals surface area (Å²) in [4.78, 5) is 4.29. The molecule has 0 saturated heterocycles. The molecule has 156 valence electrons. The minimum atomic E-state index is -3.80. The van der Waals surface area contributed by atoms with Gasteiger partial charge in [-0.3, -0.25) is 4.72 Å². The average Bonchev–Trinajstić information content (AvgIpc) is 3.36. The van der Waals surface area contributed by atoms with Crippen LogP contribution in [0.15, 0.2) is 88.4 Å². The van der Waals surface area contributed by atoms with Gasteiger partial charge in [0.2, 0.25) is 0 Å². The van der Waals surface area contributed by atoms with Crippen LogP contribution >= 0.6 is 0 Å². The number of hydrogen-bond donors (Lipinski definition) is 2. The van der Waals surface area contributed by atoms with E-state index in [1.165, 1.54) is 6.07 Å². The Balaban J connectivity index is 1.43. The van der Waals surface area contributed by atoms with E-state index in [2.05, 4.69) is 9.71 Å². The lowest BCUT2D eigenvalue weighted by Gasteiger charge is -2.13. The topological polar surface area (TPSA) is 97.4 Å². The maximum absolute atomic E-state index is 12.9. The molecule has 0 spiro atoms. The summed E-state index contributed by atoms with van der Waals surface area (Å²) in [6.45, 7) is 0. The fourth-order valence-electron chi connectivity index (χ4n) is 3.61. The lowest BCUT2D eigenvalue weighted by atomic mass is 10.1. The molecular formula is C23H19N3O4S. The molecule has 0 aliphatic rings. The molecule has 31 heavy (non-hydrogen) atoms. The lowest BCUT2D eigenvalue weighted by Crippen LogP contribution is -2.13. The number of aliphatic hydroxyl groups excluding tert-OH is 1. The van der Waals surface area contributed by atoms with Gasteiger partial charge in [-0.2, -0.15) is 0 Å². The van der Waals surface area contributed by atoms with Crippen molar-refractivity contribution < 1.29 is 17.9 Å². The van der Waals surface area contributed by atoms with Crippen molar-refractivity contribution in [1.82, 2.24) is 9.55 Å². The van der Waals surface area contributed by atoms with Crippen LogP contribution in [-0.2, 0) is 17.1 Å². The minimum Gasteiger partial charge on any atom is -0.456 e. The number of hydrogen-bond acceptors (Lipinski definition) is 5. The molecule has 0 amide bonds. The van der Waals surface area contributed by atoms with Gasteiger partial charge in [0.1, 0.15) is 23.1 Å². The van der Waals surface area contributed by atoms with Crippen LogP contribution < -0.4 is 4.72 Å². The van der Waals surface area contributed by atoms with E-state index >= 15 is 0 Å². The van der Waals surface area contributed by atoms with E-state index in [0.29, 0.717) is 28.2 Å². The lowest BCUT2D eigenvalue weighted by molar-refractivity contribution is 0.206. The summed E-state index contributed by atoms with van der Waals surface area (Å²) in [6, 6.07) is 18.9. The van der Waals surface area contributed by atoms with E-state index in [9.17, 15) is 13.5 Å². The molecule has 5 aromatic rings. The molecule has 2 heterocycles. The Labute approximate surface area is 178 Å². The molecule has 0 fully saturated rings. The van der Waals surface area contributed by atoms with Crippen LogP contribution in [0.4, 0.5) is 5.69 Å². The molecule has 0 aliphatic heterocycles. The number of nitrogens with zero attached hydrogens (tertiary/aromatic N) is 2. The molecule has 2 aromatic heterocycles. The third-order valence-electron chi connectivity index (χ3n) is 5.24. The Kier molecular flexibility index (Phi) is 4.53. The van der Waals surface area contributed by atoms with E-state index in [1.807, 2.05) is 24.3 Å². The highest BCUT2D eigenvalue weighted by molar-refractivity contribution is 7.92. The first kappa shape index (κ1) is 19.3. The maximum atomic E-state index is 12.9. The molecule has 2 N–H and O–H groups in total. The molecule has 0 aliphatic carbocycles. The van der Waals surface area contributed by atoms with Crippen molar-refractivity contribution in [3.63, 3.8) is 0 Å². The summed E-state index contributed by atoms with van der Waals surface area (Å²) in [7, 11) is -2.01. The van der Waals surface area contributed by atoms with Crippen LogP contribution in [0, 0.1) is 0 Å². The predicted octanol–water partition coefficient (Wildman–Crippen LogP) is 4.20. The zero-order valence-corrected chi connectivity index (χ0v) is 17.4. The monoisotopic (exact) mass is 433 g/mol. The smallest absolute Gasteiger partial charge is 0.261 e. The Hall–Kier alpha value is -3.62. The van der Waals surface area contributed by atoms with E-state index in [4.69, 9.17) is 4.42 Å². The minimum absolute atomic E-state index is 0.142. The van der Waals surface area contributed by atoms with E-state index < -0.39 is 16.1 Å². The zero-order chi connectivity index (χ0) is 21.6. The van der Waals surface area contributed by atoms with Crippen molar-refractivity contribution in [1.29, 1.82) is 0 Å². The Morgan fingerprint density at radius 1 is 1.00 bits per heavy atom. The molecule has 5 rings (SSSR count). The number of fused-ring (bicyclic) bond motifs is 3. The second-order valence-electron chi connectivity index (χ2n) is 7.28. The van der Waals surface area contributed by atoms with Gasteiger partial charge in [0.15, 0.2) is 0 Å².